The van der Waals surface area contributed by atoms with Gasteiger partial charge >= 0.3 is 0 Å². The van der Waals surface area contributed by atoms with Gasteiger partial charge in [-0.1, -0.05) is 28.6 Å². The number of rotatable bonds is 2. The van der Waals surface area contributed by atoms with Crippen molar-refractivity contribution in [2.45, 2.75) is 6.42 Å². The summed E-state index contributed by atoms with van der Waals surface area (Å²) in [6.07, 6.45) is 0.387. The lowest BCUT2D eigenvalue weighted by Crippen LogP contribution is -1.86. The Morgan fingerprint density at radius 2 is 2.31 bits per heavy atom. The third kappa shape index (κ3) is 3.74. The maximum absolute atomic E-state index is 13.4. The molecule has 3 nitrogen and oxygen atoms in total. The minimum absolute atomic E-state index is 0.255. The SMILES string of the molecule is [N-]=[N+]=NCCC#Cc1c(F)cc(Cl)cc1Br. The van der Waals surface area contributed by atoms with E-state index in [2.05, 4.69) is 37.8 Å². The van der Waals surface area contributed by atoms with Crippen LogP contribution in [0.5, 0.6) is 0 Å². The standard InChI is InChI=1S/C10H6BrClFN3/c11-9-5-7(12)6-10(13)8(9)3-1-2-4-15-16-14/h5-6H,2,4H2. The third-order valence-corrected chi connectivity index (χ3v) is 2.46. The molecule has 0 spiro atoms. The average Bonchev–Trinajstić information content (AvgIpc) is 2.20. The summed E-state index contributed by atoms with van der Waals surface area (Å²) in [5, 5.41) is 3.62. The van der Waals surface area contributed by atoms with E-state index in [-0.39, 0.29) is 12.1 Å². The van der Waals surface area contributed by atoms with Gasteiger partial charge in [0.2, 0.25) is 0 Å². The molecule has 0 saturated heterocycles. The number of nitrogens with zero attached hydrogens (tertiary/aromatic N) is 3. The van der Waals surface area contributed by atoms with Crippen LogP contribution in [0, 0.1) is 17.7 Å². The van der Waals surface area contributed by atoms with Gasteiger partial charge in [0.1, 0.15) is 5.82 Å². The molecule has 0 N–H and O–H groups in total. The molecule has 0 fully saturated rings. The lowest BCUT2D eigenvalue weighted by molar-refractivity contribution is 0.623. The molecule has 0 aliphatic rings. The van der Waals surface area contributed by atoms with E-state index in [0.717, 1.165) is 0 Å². The van der Waals surface area contributed by atoms with Gasteiger partial charge in [-0.25, -0.2) is 4.39 Å². The molecule has 0 bridgehead atoms. The quantitative estimate of drug-likeness (QED) is 0.257. The highest BCUT2D eigenvalue weighted by atomic mass is 79.9. The van der Waals surface area contributed by atoms with Gasteiger partial charge < -0.3 is 0 Å². The Balaban J connectivity index is 2.84. The van der Waals surface area contributed by atoms with Gasteiger partial charge in [0.15, 0.2) is 0 Å². The fourth-order valence-corrected chi connectivity index (χ4v) is 1.83. The highest BCUT2D eigenvalue weighted by Gasteiger charge is 2.05. The van der Waals surface area contributed by atoms with E-state index in [0.29, 0.717) is 15.9 Å². The third-order valence-electron chi connectivity index (χ3n) is 1.62. The van der Waals surface area contributed by atoms with E-state index in [1.54, 1.807) is 6.07 Å². The van der Waals surface area contributed by atoms with Crippen molar-refractivity contribution < 1.29 is 4.39 Å². The smallest absolute Gasteiger partial charge is 0.141 e. The fraction of sp³-hybridized carbons (Fsp3) is 0.200. The summed E-state index contributed by atoms with van der Waals surface area (Å²) in [4.78, 5) is 2.58. The number of hydrogen-bond donors (Lipinski definition) is 0. The monoisotopic (exact) mass is 301 g/mol. The van der Waals surface area contributed by atoms with Crippen molar-refractivity contribution in [2.75, 3.05) is 6.54 Å². The van der Waals surface area contributed by atoms with Gasteiger partial charge in [0.05, 0.1) is 5.56 Å². The molecule has 0 aliphatic carbocycles. The Labute approximate surface area is 105 Å². The van der Waals surface area contributed by atoms with Crippen molar-refractivity contribution >= 4 is 27.5 Å². The zero-order valence-electron chi connectivity index (χ0n) is 8.04. The highest BCUT2D eigenvalue weighted by molar-refractivity contribution is 9.10. The van der Waals surface area contributed by atoms with Crippen LogP contribution in [0.3, 0.4) is 0 Å². The number of halogens is 3. The van der Waals surface area contributed by atoms with Crippen LogP contribution in [-0.4, -0.2) is 6.54 Å². The van der Waals surface area contributed by atoms with Gasteiger partial charge in [-0.05, 0) is 33.6 Å². The van der Waals surface area contributed by atoms with Crippen molar-refractivity contribution in [3.63, 3.8) is 0 Å². The van der Waals surface area contributed by atoms with Crippen molar-refractivity contribution in [1.82, 2.24) is 0 Å². The first-order chi connectivity index (χ1) is 7.65. The van der Waals surface area contributed by atoms with E-state index in [9.17, 15) is 4.39 Å². The Hall–Kier alpha value is -1.21. The maximum Gasteiger partial charge on any atom is 0.141 e. The van der Waals surface area contributed by atoms with Gasteiger partial charge in [0, 0.05) is 27.4 Å². The molecule has 0 unspecified atom stereocenters. The zero-order valence-corrected chi connectivity index (χ0v) is 10.4. The van der Waals surface area contributed by atoms with Crippen LogP contribution in [0.15, 0.2) is 21.7 Å². The van der Waals surface area contributed by atoms with E-state index in [1.165, 1.54) is 6.07 Å². The molecular weight excluding hydrogens is 296 g/mol. The van der Waals surface area contributed by atoms with Crippen molar-refractivity contribution in [2.24, 2.45) is 5.11 Å². The molecule has 0 aliphatic heterocycles. The molecule has 82 valence electrons. The van der Waals surface area contributed by atoms with Crippen molar-refractivity contribution in [1.29, 1.82) is 0 Å². The lowest BCUT2D eigenvalue weighted by Gasteiger charge is -1.99. The van der Waals surface area contributed by atoms with Crippen LogP contribution in [0.2, 0.25) is 5.02 Å². The van der Waals surface area contributed by atoms with E-state index in [1.807, 2.05) is 0 Å². The first-order valence-electron chi connectivity index (χ1n) is 4.29. The molecule has 16 heavy (non-hydrogen) atoms. The van der Waals surface area contributed by atoms with Gasteiger partial charge in [-0.15, -0.1) is 0 Å². The lowest BCUT2D eigenvalue weighted by atomic mass is 10.2. The second-order valence-electron chi connectivity index (χ2n) is 2.75. The Morgan fingerprint density at radius 3 is 2.94 bits per heavy atom. The molecule has 1 aromatic carbocycles. The summed E-state index contributed by atoms with van der Waals surface area (Å²) in [6.45, 7) is 0.274. The summed E-state index contributed by atoms with van der Waals surface area (Å²) in [7, 11) is 0. The second kappa shape index (κ2) is 6.39. The first kappa shape index (κ1) is 12.9. The molecule has 1 rings (SSSR count). The Morgan fingerprint density at radius 1 is 1.56 bits per heavy atom. The summed E-state index contributed by atoms with van der Waals surface area (Å²) >= 11 is 8.82. The summed E-state index contributed by atoms with van der Waals surface area (Å²) < 4.78 is 13.9. The van der Waals surface area contributed by atoms with Crippen LogP contribution in [0.1, 0.15) is 12.0 Å². The predicted octanol–water partition coefficient (Wildman–Crippen LogP) is 4.29. The summed E-state index contributed by atoms with van der Waals surface area (Å²) in [5.74, 6) is 4.89. The van der Waals surface area contributed by atoms with Gasteiger partial charge in [-0.3, -0.25) is 0 Å². The van der Waals surface area contributed by atoms with Crippen LogP contribution in [-0.2, 0) is 0 Å². The van der Waals surface area contributed by atoms with E-state index < -0.39 is 5.82 Å². The van der Waals surface area contributed by atoms with Crippen LogP contribution in [0.4, 0.5) is 4.39 Å². The summed E-state index contributed by atoms with van der Waals surface area (Å²) in [6, 6.07) is 2.77. The molecule has 1 aromatic rings. The van der Waals surface area contributed by atoms with Crippen LogP contribution >= 0.6 is 27.5 Å². The average molecular weight is 303 g/mol. The topological polar surface area (TPSA) is 48.8 Å². The molecule has 0 heterocycles. The largest absolute Gasteiger partial charge is 0.206 e. The first-order valence-corrected chi connectivity index (χ1v) is 5.46. The van der Waals surface area contributed by atoms with Crippen molar-refractivity contribution in [3.8, 4) is 11.8 Å². The minimum atomic E-state index is -0.476. The molecule has 0 atom stereocenters. The summed E-state index contributed by atoms with van der Waals surface area (Å²) in [5.41, 5.74) is 8.28. The number of benzene rings is 1. The molecule has 0 aromatic heterocycles. The van der Waals surface area contributed by atoms with Crippen molar-refractivity contribution in [3.05, 3.63) is 43.5 Å². The second-order valence-corrected chi connectivity index (χ2v) is 4.04. The van der Waals surface area contributed by atoms with Gasteiger partial charge in [0.25, 0.3) is 0 Å². The minimum Gasteiger partial charge on any atom is -0.206 e. The molecule has 0 saturated carbocycles. The highest BCUT2D eigenvalue weighted by Crippen LogP contribution is 2.23. The number of azide groups is 1. The molecule has 6 heteroatoms. The molecule has 0 radical (unpaired) electrons. The Kier molecular flexibility index (Phi) is 5.13. The van der Waals surface area contributed by atoms with E-state index in [4.69, 9.17) is 17.1 Å². The Bertz CT molecular complexity index is 478. The maximum atomic E-state index is 13.4. The predicted molar refractivity (Wildman–Crippen MR) is 64.6 cm³/mol. The molecular formula is C10H6BrClFN3. The number of hydrogen-bond acceptors (Lipinski definition) is 1. The van der Waals surface area contributed by atoms with Crippen LogP contribution in [0.25, 0.3) is 10.4 Å². The molecule has 0 amide bonds. The fourth-order valence-electron chi connectivity index (χ4n) is 0.963. The van der Waals surface area contributed by atoms with E-state index >= 15 is 0 Å². The zero-order chi connectivity index (χ0) is 12.0. The van der Waals surface area contributed by atoms with Gasteiger partial charge in [-0.2, -0.15) is 0 Å². The van der Waals surface area contributed by atoms with Crippen LogP contribution < -0.4 is 0 Å². The normalized spacial score (nSPS) is 8.94.